The Labute approximate surface area is 111 Å². The number of aryl methyl sites for hydroxylation is 1. The molecule has 0 unspecified atom stereocenters. The van der Waals surface area contributed by atoms with E-state index in [-0.39, 0.29) is 5.91 Å². The third-order valence-corrected chi connectivity index (χ3v) is 2.53. The Morgan fingerprint density at radius 2 is 2.32 bits per heavy atom. The molecule has 0 aliphatic carbocycles. The Kier molecular flexibility index (Phi) is 3.70. The molecule has 3 N–H and O–H groups in total. The molecule has 0 saturated carbocycles. The Morgan fingerprint density at radius 1 is 1.53 bits per heavy atom. The largest absolute Gasteiger partial charge is 0.492 e. The summed E-state index contributed by atoms with van der Waals surface area (Å²) in [6.45, 7) is 2.41. The average molecular weight is 260 g/mol. The van der Waals surface area contributed by atoms with Crippen LogP contribution in [-0.2, 0) is 7.05 Å². The van der Waals surface area contributed by atoms with Gasteiger partial charge >= 0.3 is 0 Å². The van der Waals surface area contributed by atoms with Gasteiger partial charge in [-0.15, -0.1) is 0 Å². The summed E-state index contributed by atoms with van der Waals surface area (Å²) in [7, 11) is 1.78. The van der Waals surface area contributed by atoms with Gasteiger partial charge in [0, 0.05) is 18.8 Å². The number of nitrogens with one attached hydrogen (secondary N) is 1. The van der Waals surface area contributed by atoms with Crippen LogP contribution in [0.5, 0.6) is 5.75 Å². The highest BCUT2D eigenvalue weighted by Gasteiger charge is 2.09. The molecule has 0 spiro atoms. The maximum absolute atomic E-state index is 12.0. The van der Waals surface area contributed by atoms with Crippen LogP contribution in [0.1, 0.15) is 17.3 Å². The van der Waals surface area contributed by atoms with Gasteiger partial charge in [0.2, 0.25) is 0 Å². The van der Waals surface area contributed by atoms with Crippen LogP contribution in [0.25, 0.3) is 0 Å². The van der Waals surface area contributed by atoms with Crippen LogP contribution < -0.4 is 15.8 Å². The maximum atomic E-state index is 12.0. The number of anilines is 2. The van der Waals surface area contributed by atoms with E-state index in [0.29, 0.717) is 29.3 Å². The minimum atomic E-state index is -0.234. The molecule has 1 amide bonds. The van der Waals surface area contributed by atoms with Gasteiger partial charge in [-0.2, -0.15) is 5.10 Å². The SMILES string of the molecule is CCOc1ccc(C(=O)Nc2cnn(C)c2)cc1N. The number of nitrogens with zero attached hydrogens (tertiary/aromatic N) is 2. The first kappa shape index (κ1) is 12.9. The second-order valence-corrected chi connectivity index (χ2v) is 4.04. The molecule has 6 heteroatoms. The second kappa shape index (κ2) is 5.43. The summed E-state index contributed by atoms with van der Waals surface area (Å²) in [5, 5.41) is 6.72. The molecule has 6 nitrogen and oxygen atoms in total. The van der Waals surface area contributed by atoms with Crippen LogP contribution in [0.2, 0.25) is 0 Å². The molecule has 0 bridgehead atoms. The molecule has 1 aromatic heterocycles. The molecule has 100 valence electrons. The number of carbonyl (C=O) groups excluding carboxylic acids is 1. The molecule has 2 aromatic rings. The third-order valence-electron chi connectivity index (χ3n) is 2.53. The van der Waals surface area contributed by atoms with Gasteiger partial charge in [0.05, 0.1) is 24.2 Å². The molecule has 19 heavy (non-hydrogen) atoms. The van der Waals surface area contributed by atoms with E-state index in [2.05, 4.69) is 10.4 Å². The number of benzene rings is 1. The zero-order valence-electron chi connectivity index (χ0n) is 10.9. The predicted molar refractivity (Wildman–Crippen MR) is 73.2 cm³/mol. The fourth-order valence-electron chi connectivity index (χ4n) is 1.67. The van der Waals surface area contributed by atoms with Gasteiger partial charge in [-0.3, -0.25) is 9.48 Å². The van der Waals surface area contributed by atoms with E-state index in [4.69, 9.17) is 10.5 Å². The first-order valence-electron chi connectivity index (χ1n) is 5.92. The Hall–Kier alpha value is -2.50. The zero-order chi connectivity index (χ0) is 13.8. The van der Waals surface area contributed by atoms with Gasteiger partial charge in [-0.1, -0.05) is 0 Å². The van der Waals surface area contributed by atoms with Gasteiger partial charge < -0.3 is 15.8 Å². The Bertz CT molecular complexity index is 592. The lowest BCUT2D eigenvalue weighted by Crippen LogP contribution is -2.12. The molecule has 0 aliphatic rings. The first-order valence-corrected chi connectivity index (χ1v) is 5.92. The Balaban J connectivity index is 2.13. The fourth-order valence-corrected chi connectivity index (χ4v) is 1.67. The van der Waals surface area contributed by atoms with Crippen LogP contribution in [0.15, 0.2) is 30.6 Å². The smallest absolute Gasteiger partial charge is 0.255 e. The predicted octanol–water partition coefficient (Wildman–Crippen LogP) is 1.65. The van der Waals surface area contributed by atoms with Crippen molar-refractivity contribution in [3.8, 4) is 5.75 Å². The average Bonchev–Trinajstić information content (AvgIpc) is 2.77. The quantitative estimate of drug-likeness (QED) is 0.819. The van der Waals surface area contributed by atoms with E-state index in [1.165, 1.54) is 0 Å². The molecule has 0 radical (unpaired) electrons. The van der Waals surface area contributed by atoms with Crippen molar-refractivity contribution in [3.63, 3.8) is 0 Å². The minimum Gasteiger partial charge on any atom is -0.492 e. The van der Waals surface area contributed by atoms with Gasteiger partial charge in [0.15, 0.2) is 0 Å². The highest BCUT2D eigenvalue weighted by atomic mass is 16.5. The lowest BCUT2D eigenvalue weighted by atomic mass is 10.1. The van der Waals surface area contributed by atoms with Gasteiger partial charge in [0.1, 0.15) is 5.75 Å². The van der Waals surface area contributed by atoms with Crippen molar-refractivity contribution < 1.29 is 9.53 Å². The number of rotatable bonds is 4. The summed E-state index contributed by atoms with van der Waals surface area (Å²) in [4.78, 5) is 12.0. The number of carbonyl (C=O) groups is 1. The number of nitrogens with two attached hydrogens (primary N) is 1. The number of hydrogen-bond donors (Lipinski definition) is 2. The van der Waals surface area contributed by atoms with Gasteiger partial charge in [-0.05, 0) is 25.1 Å². The van der Waals surface area contributed by atoms with Crippen molar-refractivity contribution in [2.75, 3.05) is 17.7 Å². The summed E-state index contributed by atoms with van der Waals surface area (Å²) < 4.78 is 6.94. The number of hydrogen-bond acceptors (Lipinski definition) is 4. The van der Waals surface area contributed by atoms with Crippen molar-refractivity contribution in [2.24, 2.45) is 7.05 Å². The summed E-state index contributed by atoms with van der Waals surface area (Å²) in [5.74, 6) is 0.350. The lowest BCUT2D eigenvalue weighted by Gasteiger charge is -2.08. The molecule has 1 aromatic carbocycles. The van der Waals surface area contributed by atoms with E-state index in [1.807, 2.05) is 6.92 Å². The summed E-state index contributed by atoms with van der Waals surface area (Å²) in [5.41, 5.74) is 7.38. The molecule has 0 atom stereocenters. The van der Waals surface area contributed by atoms with Crippen LogP contribution >= 0.6 is 0 Å². The van der Waals surface area contributed by atoms with Gasteiger partial charge in [-0.25, -0.2) is 0 Å². The van der Waals surface area contributed by atoms with Crippen LogP contribution in [0, 0.1) is 0 Å². The van der Waals surface area contributed by atoms with E-state index >= 15 is 0 Å². The molecule has 0 saturated heterocycles. The molecule has 0 aliphatic heterocycles. The van der Waals surface area contributed by atoms with Crippen molar-refractivity contribution in [1.29, 1.82) is 0 Å². The van der Waals surface area contributed by atoms with Crippen LogP contribution in [0.4, 0.5) is 11.4 Å². The number of nitrogen functional groups attached to an aromatic ring is 1. The second-order valence-electron chi connectivity index (χ2n) is 4.04. The van der Waals surface area contributed by atoms with Crippen molar-refractivity contribution >= 4 is 17.3 Å². The van der Waals surface area contributed by atoms with Crippen molar-refractivity contribution in [1.82, 2.24) is 9.78 Å². The molecule has 0 fully saturated rings. The lowest BCUT2D eigenvalue weighted by molar-refractivity contribution is 0.102. The van der Waals surface area contributed by atoms with Crippen molar-refractivity contribution in [3.05, 3.63) is 36.2 Å². The number of amides is 1. The maximum Gasteiger partial charge on any atom is 0.255 e. The zero-order valence-corrected chi connectivity index (χ0v) is 10.9. The fraction of sp³-hybridized carbons (Fsp3) is 0.231. The normalized spacial score (nSPS) is 10.2. The molecule has 2 rings (SSSR count). The molecule has 1 heterocycles. The summed E-state index contributed by atoms with van der Waals surface area (Å²) in [6.07, 6.45) is 3.30. The molecular formula is C13H16N4O2. The van der Waals surface area contributed by atoms with Crippen LogP contribution in [0.3, 0.4) is 0 Å². The van der Waals surface area contributed by atoms with Crippen LogP contribution in [-0.4, -0.2) is 22.3 Å². The number of ether oxygens (including phenoxy) is 1. The minimum absolute atomic E-state index is 0.234. The van der Waals surface area contributed by atoms with Crippen molar-refractivity contribution in [2.45, 2.75) is 6.92 Å². The summed E-state index contributed by atoms with van der Waals surface area (Å²) in [6, 6.07) is 4.96. The van der Waals surface area contributed by atoms with E-state index in [0.717, 1.165) is 0 Å². The van der Waals surface area contributed by atoms with Gasteiger partial charge in [0.25, 0.3) is 5.91 Å². The highest BCUT2D eigenvalue weighted by molar-refractivity contribution is 6.04. The van der Waals surface area contributed by atoms with E-state index in [1.54, 1.807) is 42.3 Å². The number of aromatic nitrogens is 2. The topological polar surface area (TPSA) is 82.2 Å². The first-order chi connectivity index (χ1) is 9.10. The standard InChI is InChI=1S/C13H16N4O2/c1-3-19-12-5-4-9(6-11(12)14)13(18)16-10-7-15-17(2)8-10/h4-8H,3,14H2,1-2H3,(H,16,18). The third kappa shape index (κ3) is 3.04. The summed E-state index contributed by atoms with van der Waals surface area (Å²) >= 11 is 0. The molecular weight excluding hydrogens is 244 g/mol. The Morgan fingerprint density at radius 3 is 2.89 bits per heavy atom. The van der Waals surface area contributed by atoms with E-state index in [9.17, 15) is 4.79 Å². The van der Waals surface area contributed by atoms with E-state index < -0.39 is 0 Å². The highest BCUT2D eigenvalue weighted by Crippen LogP contribution is 2.23. The monoisotopic (exact) mass is 260 g/mol.